The summed E-state index contributed by atoms with van der Waals surface area (Å²) < 4.78 is 10.3. The van der Waals surface area contributed by atoms with Crippen LogP contribution in [0.1, 0.15) is 26.3 Å². The molecule has 0 aliphatic heterocycles. The summed E-state index contributed by atoms with van der Waals surface area (Å²) in [6, 6.07) is 19.3. The summed E-state index contributed by atoms with van der Waals surface area (Å²) in [6.45, 7) is 0. The molecule has 7 heteroatoms. The Bertz CT molecular complexity index is 1340. The number of carbonyl (C=O) groups is 2. The third-order valence-electron chi connectivity index (χ3n) is 4.73. The fourth-order valence-electron chi connectivity index (χ4n) is 3.16. The Morgan fingerprint density at radius 2 is 1.65 bits per heavy atom. The van der Waals surface area contributed by atoms with Gasteiger partial charge in [-0.25, -0.2) is 4.79 Å². The average molecular weight is 415 g/mol. The zero-order valence-corrected chi connectivity index (χ0v) is 16.4. The van der Waals surface area contributed by atoms with Crippen molar-refractivity contribution >= 4 is 28.3 Å². The number of rotatable bonds is 5. The largest absolute Gasteiger partial charge is 0.504 e. The topological polar surface area (TPSA) is 106 Å². The molecule has 1 aromatic heterocycles. The first kappa shape index (κ1) is 19.9. The number of phenols is 1. The molecule has 0 saturated heterocycles. The Kier molecular flexibility index (Phi) is 5.24. The van der Waals surface area contributed by atoms with Crippen LogP contribution in [0.5, 0.6) is 11.5 Å². The molecule has 4 aromatic rings. The molecule has 0 aliphatic rings. The minimum absolute atomic E-state index is 0.0205. The Labute approximate surface area is 176 Å². The van der Waals surface area contributed by atoms with E-state index in [1.165, 1.54) is 37.4 Å². The van der Waals surface area contributed by atoms with Crippen molar-refractivity contribution in [2.45, 2.75) is 0 Å². The number of phenolic OH excluding ortho intramolecular Hbond substituents is 1. The SMILES string of the molecule is COc1c(O)ccc2cc(C(=O)c3ccc(NC(=O)c4ccccc4)cc3)c(=O)oc12. The molecule has 0 fully saturated rings. The number of carbonyl (C=O) groups excluding carboxylic acids is 2. The van der Waals surface area contributed by atoms with Crippen LogP contribution in [-0.4, -0.2) is 23.9 Å². The molecule has 3 aromatic carbocycles. The van der Waals surface area contributed by atoms with Crippen LogP contribution in [0, 0.1) is 0 Å². The van der Waals surface area contributed by atoms with Gasteiger partial charge in [-0.3, -0.25) is 9.59 Å². The number of anilines is 1. The number of hydrogen-bond donors (Lipinski definition) is 2. The molecule has 0 atom stereocenters. The average Bonchev–Trinajstić information content (AvgIpc) is 2.79. The van der Waals surface area contributed by atoms with Crippen LogP contribution >= 0.6 is 0 Å². The van der Waals surface area contributed by atoms with Crippen LogP contribution in [-0.2, 0) is 0 Å². The minimum atomic E-state index is -0.845. The van der Waals surface area contributed by atoms with Crippen LogP contribution in [0.4, 0.5) is 5.69 Å². The van der Waals surface area contributed by atoms with Crippen LogP contribution < -0.4 is 15.7 Å². The summed E-state index contributed by atoms with van der Waals surface area (Å²) >= 11 is 0. The second-order valence-electron chi connectivity index (χ2n) is 6.71. The number of fused-ring (bicyclic) bond motifs is 1. The summed E-state index contributed by atoms with van der Waals surface area (Å²) in [5.74, 6) is -0.951. The van der Waals surface area contributed by atoms with Crippen molar-refractivity contribution in [3.8, 4) is 11.5 Å². The number of methoxy groups -OCH3 is 1. The van der Waals surface area contributed by atoms with E-state index in [9.17, 15) is 19.5 Å². The molecule has 4 rings (SSSR count). The van der Waals surface area contributed by atoms with Crippen molar-refractivity contribution in [1.29, 1.82) is 0 Å². The van der Waals surface area contributed by atoms with E-state index in [4.69, 9.17) is 9.15 Å². The van der Waals surface area contributed by atoms with Gasteiger partial charge in [-0.15, -0.1) is 0 Å². The van der Waals surface area contributed by atoms with Crippen molar-refractivity contribution in [1.82, 2.24) is 0 Å². The Morgan fingerprint density at radius 1 is 0.935 bits per heavy atom. The van der Waals surface area contributed by atoms with Gasteiger partial charge in [0.15, 0.2) is 17.1 Å². The number of ketones is 1. The van der Waals surface area contributed by atoms with E-state index in [0.717, 1.165) is 0 Å². The van der Waals surface area contributed by atoms with Gasteiger partial charge >= 0.3 is 5.63 Å². The molecule has 0 unspecified atom stereocenters. The lowest BCUT2D eigenvalue weighted by molar-refractivity contribution is 0.102. The molecule has 0 bridgehead atoms. The lowest BCUT2D eigenvalue weighted by atomic mass is 10.0. The lowest BCUT2D eigenvalue weighted by Crippen LogP contribution is -2.15. The number of ether oxygens (including phenoxy) is 1. The maximum absolute atomic E-state index is 12.9. The number of aromatic hydroxyl groups is 1. The molecule has 31 heavy (non-hydrogen) atoms. The first-order chi connectivity index (χ1) is 15.0. The van der Waals surface area contributed by atoms with E-state index < -0.39 is 11.4 Å². The van der Waals surface area contributed by atoms with E-state index in [1.54, 1.807) is 36.4 Å². The van der Waals surface area contributed by atoms with Gasteiger partial charge in [-0.2, -0.15) is 0 Å². The number of nitrogens with one attached hydrogen (secondary N) is 1. The molecule has 1 heterocycles. The highest BCUT2D eigenvalue weighted by Crippen LogP contribution is 2.34. The second kappa shape index (κ2) is 8.16. The fourth-order valence-corrected chi connectivity index (χ4v) is 3.16. The molecule has 7 nitrogen and oxygen atoms in total. The van der Waals surface area contributed by atoms with E-state index in [0.29, 0.717) is 16.6 Å². The molecule has 154 valence electrons. The van der Waals surface area contributed by atoms with E-state index >= 15 is 0 Å². The van der Waals surface area contributed by atoms with Crippen LogP contribution in [0.25, 0.3) is 11.0 Å². The van der Waals surface area contributed by atoms with Crippen molar-refractivity contribution in [2.75, 3.05) is 12.4 Å². The van der Waals surface area contributed by atoms with Crippen molar-refractivity contribution in [3.63, 3.8) is 0 Å². The highest BCUT2D eigenvalue weighted by Gasteiger charge is 2.19. The summed E-state index contributed by atoms with van der Waals surface area (Å²) in [5.41, 5.74) is 0.344. The molecular weight excluding hydrogens is 398 g/mol. The van der Waals surface area contributed by atoms with Gasteiger partial charge in [-0.05, 0) is 54.6 Å². The summed E-state index contributed by atoms with van der Waals surface area (Å²) in [7, 11) is 1.34. The molecule has 0 radical (unpaired) electrons. The zero-order chi connectivity index (χ0) is 22.0. The third-order valence-corrected chi connectivity index (χ3v) is 4.73. The van der Waals surface area contributed by atoms with Crippen molar-refractivity contribution in [2.24, 2.45) is 0 Å². The monoisotopic (exact) mass is 415 g/mol. The normalized spacial score (nSPS) is 10.6. The van der Waals surface area contributed by atoms with Crippen LogP contribution in [0.2, 0.25) is 0 Å². The maximum atomic E-state index is 12.9. The van der Waals surface area contributed by atoms with Crippen LogP contribution in [0.3, 0.4) is 0 Å². The van der Waals surface area contributed by atoms with E-state index in [2.05, 4.69) is 5.32 Å². The van der Waals surface area contributed by atoms with Gasteiger partial charge in [0.2, 0.25) is 5.75 Å². The van der Waals surface area contributed by atoms with Crippen molar-refractivity contribution in [3.05, 3.63) is 99.9 Å². The van der Waals surface area contributed by atoms with E-state index in [1.807, 2.05) is 6.07 Å². The zero-order valence-electron chi connectivity index (χ0n) is 16.4. The molecule has 2 N–H and O–H groups in total. The molecule has 0 saturated carbocycles. The smallest absolute Gasteiger partial charge is 0.347 e. The first-order valence-corrected chi connectivity index (χ1v) is 9.33. The van der Waals surface area contributed by atoms with Crippen molar-refractivity contribution < 1.29 is 23.8 Å². The van der Waals surface area contributed by atoms with Gasteiger partial charge in [0.25, 0.3) is 5.91 Å². The minimum Gasteiger partial charge on any atom is -0.504 e. The van der Waals surface area contributed by atoms with Gasteiger partial charge < -0.3 is 19.6 Å². The predicted octanol–water partition coefficient (Wildman–Crippen LogP) is 3.99. The highest BCUT2D eigenvalue weighted by atomic mass is 16.5. The number of benzene rings is 3. The van der Waals surface area contributed by atoms with Crippen LogP contribution in [0.15, 0.2) is 82.0 Å². The number of amides is 1. The van der Waals surface area contributed by atoms with Gasteiger partial charge in [0.1, 0.15) is 5.56 Å². The van der Waals surface area contributed by atoms with Gasteiger partial charge in [0.05, 0.1) is 7.11 Å². The molecule has 1 amide bonds. The summed E-state index contributed by atoms with van der Waals surface area (Å²) in [5, 5.41) is 13.0. The Balaban J connectivity index is 1.60. The van der Waals surface area contributed by atoms with E-state index in [-0.39, 0.29) is 34.1 Å². The maximum Gasteiger partial charge on any atom is 0.347 e. The quantitative estimate of drug-likeness (QED) is 0.377. The second-order valence-corrected chi connectivity index (χ2v) is 6.71. The third kappa shape index (κ3) is 3.89. The fraction of sp³-hybridized carbons (Fsp3) is 0.0417. The molecule has 0 aliphatic carbocycles. The summed E-state index contributed by atoms with van der Waals surface area (Å²) in [4.78, 5) is 37.5. The molecule has 0 spiro atoms. The Hall–Kier alpha value is -4.39. The first-order valence-electron chi connectivity index (χ1n) is 9.33. The Morgan fingerprint density at radius 3 is 2.32 bits per heavy atom. The van der Waals surface area contributed by atoms with Gasteiger partial charge in [-0.1, -0.05) is 18.2 Å². The lowest BCUT2D eigenvalue weighted by Gasteiger charge is -2.08. The predicted molar refractivity (Wildman–Crippen MR) is 115 cm³/mol. The standard InChI is InChI=1S/C24H17NO6/c1-30-22-19(26)12-9-16-13-18(24(29)31-21(16)22)20(27)14-7-10-17(11-8-14)25-23(28)15-5-3-2-4-6-15/h2-13,26H,1H3,(H,25,28). The highest BCUT2D eigenvalue weighted by molar-refractivity contribution is 6.10. The molecular formula is C24H17NO6. The number of hydrogen-bond acceptors (Lipinski definition) is 6. The van der Waals surface area contributed by atoms with Gasteiger partial charge in [0, 0.05) is 22.2 Å². The summed E-state index contributed by atoms with van der Waals surface area (Å²) in [6.07, 6.45) is 0.